The molecule has 3 amide bonds. The molecule has 31 heavy (non-hydrogen) atoms. The summed E-state index contributed by atoms with van der Waals surface area (Å²) in [5.41, 5.74) is 7.78. The molecule has 1 aliphatic rings. The zero-order valence-electron chi connectivity index (χ0n) is 17.5. The second-order valence-electron chi connectivity index (χ2n) is 7.40. The van der Waals surface area contributed by atoms with E-state index in [1.165, 1.54) is 31.2 Å². The summed E-state index contributed by atoms with van der Waals surface area (Å²) in [7, 11) is 0. The van der Waals surface area contributed by atoms with Crippen LogP contribution < -0.4 is 16.0 Å². The highest BCUT2D eigenvalue weighted by Crippen LogP contribution is 2.29. The number of anilines is 2. The number of benzene rings is 2. The van der Waals surface area contributed by atoms with Crippen molar-refractivity contribution >= 4 is 35.1 Å². The molecule has 2 aromatic rings. The molecule has 0 aromatic heterocycles. The van der Waals surface area contributed by atoms with Crippen LogP contribution >= 0.6 is 0 Å². The molecule has 3 N–H and O–H groups in total. The minimum absolute atomic E-state index is 0.0415. The molecule has 2 atom stereocenters. The van der Waals surface area contributed by atoms with Gasteiger partial charge in [-0.25, -0.2) is 0 Å². The van der Waals surface area contributed by atoms with Crippen molar-refractivity contribution in [1.29, 1.82) is 0 Å². The van der Waals surface area contributed by atoms with Gasteiger partial charge in [-0.05, 0) is 49.2 Å². The van der Waals surface area contributed by atoms with E-state index < -0.39 is 29.8 Å². The van der Waals surface area contributed by atoms with Crippen LogP contribution in [0.2, 0.25) is 0 Å². The Balaban J connectivity index is 1.58. The normalized spacial score (nSPS) is 16.6. The molecular weight excluding hydrogens is 398 g/mol. The minimum Gasteiger partial charge on any atom is -0.452 e. The topological polar surface area (TPSA) is 119 Å². The molecule has 0 unspecified atom stereocenters. The number of rotatable bonds is 7. The van der Waals surface area contributed by atoms with Crippen molar-refractivity contribution in [1.82, 2.24) is 0 Å². The van der Waals surface area contributed by atoms with Gasteiger partial charge >= 0.3 is 5.97 Å². The van der Waals surface area contributed by atoms with Gasteiger partial charge in [0.2, 0.25) is 11.8 Å². The first kappa shape index (κ1) is 22.0. The van der Waals surface area contributed by atoms with E-state index in [1.54, 1.807) is 4.90 Å². The average molecular weight is 423 g/mol. The summed E-state index contributed by atoms with van der Waals surface area (Å²) >= 11 is 0. The van der Waals surface area contributed by atoms with Gasteiger partial charge in [-0.1, -0.05) is 25.1 Å². The van der Waals surface area contributed by atoms with Crippen LogP contribution in [0.5, 0.6) is 0 Å². The summed E-state index contributed by atoms with van der Waals surface area (Å²) in [6, 6.07) is 13.6. The van der Waals surface area contributed by atoms with Gasteiger partial charge in [0.1, 0.15) is 0 Å². The quantitative estimate of drug-likeness (QED) is 0.662. The summed E-state index contributed by atoms with van der Waals surface area (Å²) in [5, 5.41) is 2.62. The van der Waals surface area contributed by atoms with Gasteiger partial charge in [0, 0.05) is 29.9 Å². The van der Waals surface area contributed by atoms with E-state index in [-0.39, 0.29) is 18.9 Å². The summed E-state index contributed by atoms with van der Waals surface area (Å²) in [5.74, 6) is -2.45. The monoisotopic (exact) mass is 423 g/mol. The Labute approximate surface area is 180 Å². The Morgan fingerprint density at radius 3 is 2.48 bits per heavy atom. The van der Waals surface area contributed by atoms with Crippen molar-refractivity contribution in [2.75, 3.05) is 16.8 Å². The molecule has 3 rings (SSSR count). The van der Waals surface area contributed by atoms with Crippen LogP contribution in [0.3, 0.4) is 0 Å². The largest absolute Gasteiger partial charge is 0.452 e. The third-order valence-corrected chi connectivity index (χ3v) is 5.22. The number of ether oxygens (including phenoxy) is 1. The predicted octanol–water partition coefficient (Wildman–Crippen LogP) is 2.27. The van der Waals surface area contributed by atoms with Crippen LogP contribution in [-0.2, 0) is 25.5 Å². The molecule has 0 radical (unpaired) electrons. The van der Waals surface area contributed by atoms with Crippen molar-refractivity contribution in [3.05, 3.63) is 59.7 Å². The van der Waals surface area contributed by atoms with Crippen LogP contribution in [0.15, 0.2) is 48.5 Å². The smallest absolute Gasteiger partial charge is 0.312 e. The van der Waals surface area contributed by atoms with Crippen LogP contribution in [0, 0.1) is 5.92 Å². The standard InChI is InChI=1S/C23H25N3O5/c1-3-15-6-4-5-7-19(15)26-13-17(12-20(26)27)23(30)31-14(2)22(29)25-18-10-8-16(9-11-18)21(24)28/h4-11,14,17H,3,12-13H2,1-2H3,(H2,24,28)(H,25,29)/t14-,17+/m1/s1. The molecule has 1 aliphatic heterocycles. The number of hydrogen-bond acceptors (Lipinski definition) is 5. The second-order valence-corrected chi connectivity index (χ2v) is 7.40. The number of aryl methyl sites for hydroxylation is 1. The highest BCUT2D eigenvalue weighted by Gasteiger charge is 2.37. The number of nitrogens with one attached hydrogen (secondary N) is 1. The minimum atomic E-state index is -1.05. The fourth-order valence-corrected chi connectivity index (χ4v) is 3.46. The lowest BCUT2D eigenvalue weighted by Gasteiger charge is -2.20. The zero-order chi connectivity index (χ0) is 22.5. The van der Waals surface area contributed by atoms with E-state index in [9.17, 15) is 19.2 Å². The van der Waals surface area contributed by atoms with E-state index in [0.29, 0.717) is 11.3 Å². The van der Waals surface area contributed by atoms with Crippen LogP contribution in [0.25, 0.3) is 0 Å². The Hall–Kier alpha value is -3.68. The molecule has 8 heteroatoms. The van der Waals surface area contributed by atoms with Crippen molar-refractivity contribution in [3.63, 3.8) is 0 Å². The van der Waals surface area contributed by atoms with Crippen LogP contribution in [0.1, 0.15) is 36.2 Å². The molecule has 0 aliphatic carbocycles. The molecule has 2 aromatic carbocycles. The lowest BCUT2D eigenvalue weighted by atomic mass is 10.1. The van der Waals surface area contributed by atoms with Crippen LogP contribution in [0.4, 0.5) is 11.4 Å². The lowest BCUT2D eigenvalue weighted by Crippen LogP contribution is -2.33. The SMILES string of the molecule is CCc1ccccc1N1C[C@@H](C(=O)O[C@H](C)C(=O)Nc2ccc(C(N)=O)cc2)CC1=O. The zero-order valence-corrected chi connectivity index (χ0v) is 17.5. The number of carbonyl (C=O) groups is 4. The van der Waals surface area contributed by atoms with E-state index in [4.69, 9.17) is 10.5 Å². The van der Waals surface area contributed by atoms with Gasteiger partial charge in [0.15, 0.2) is 6.10 Å². The van der Waals surface area contributed by atoms with Crippen molar-refractivity contribution in [3.8, 4) is 0 Å². The Bertz CT molecular complexity index is 1000. The number of primary amides is 1. The maximum atomic E-state index is 12.6. The van der Waals surface area contributed by atoms with E-state index in [2.05, 4.69) is 5.32 Å². The fraction of sp³-hybridized carbons (Fsp3) is 0.304. The maximum absolute atomic E-state index is 12.6. The van der Waals surface area contributed by atoms with Gasteiger partial charge in [0.05, 0.1) is 5.92 Å². The molecular formula is C23H25N3O5. The molecule has 1 fully saturated rings. The fourth-order valence-electron chi connectivity index (χ4n) is 3.46. The number of para-hydroxylation sites is 1. The first-order chi connectivity index (χ1) is 14.8. The van der Waals surface area contributed by atoms with Gasteiger partial charge in [-0.2, -0.15) is 0 Å². The Morgan fingerprint density at radius 2 is 1.84 bits per heavy atom. The van der Waals surface area contributed by atoms with Gasteiger partial charge in [0.25, 0.3) is 5.91 Å². The summed E-state index contributed by atoms with van der Waals surface area (Å²) in [6.07, 6.45) is -0.234. The predicted molar refractivity (Wildman–Crippen MR) is 115 cm³/mol. The van der Waals surface area contributed by atoms with Gasteiger partial charge < -0.3 is 20.7 Å². The molecule has 1 heterocycles. The first-order valence-corrected chi connectivity index (χ1v) is 10.1. The maximum Gasteiger partial charge on any atom is 0.312 e. The molecule has 0 bridgehead atoms. The number of amides is 3. The highest BCUT2D eigenvalue weighted by atomic mass is 16.5. The first-order valence-electron chi connectivity index (χ1n) is 10.1. The molecule has 162 valence electrons. The molecule has 1 saturated heterocycles. The number of nitrogens with zero attached hydrogens (tertiary/aromatic N) is 1. The summed E-state index contributed by atoms with van der Waals surface area (Å²) in [4.78, 5) is 50.2. The lowest BCUT2D eigenvalue weighted by molar-refractivity contribution is -0.157. The van der Waals surface area contributed by atoms with Gasteiger partial charge in [-0.3, -0.25) is 19.2 Å². The van der Waals surface area contributed by atoms with Crippen molar-refractivity contribution in [2.24, 2.45) is 11.7 Å². The van der Waals surface area contributed by atoms with Gasteiger partial charge in [-0.15, -0.1) is 0 Å². The Kier molecular flexibility index (Phi) is 6.69. The van der Waals surface area contributed by atoms with E-state index in [1.807, 2.05) is 31.2 Å². The number of nitrogens with two attached hydrogens (primary N) is 1. The third kappa shape index (κ3) is 5.09. The number of carbonyl (C=O) groups excluding carboxylic acids is 4. The van der Waals surface area contributed by atoms with Crippen molar-refractivity contribution < 1.29 is 23.9 Å². The summed E-state index contributed by atoms with van der Waals surface area (Å²) < 4.78 is 5.32. The Morgan fingerprint density at radius 1 is 1.16 bits per heavy atom. The van der Waals surface area contributed by atoms with Crippen molar-refractivity contribution in [2.45, 2.75) is 32.8 Å². The number of hydrogen-bond donors (Lipinski definition) is 2. The molecule has 8 nitrogen and oxygen atoms in total. The third-order valence-electron chi connectivity index (χ3n) is 5.22. The average Bonchev–Trinajstić information content (AvgIpc) is 3.15. The number of esters is 1. The van der Waals surface area contributed by atoms with Crippen LogP contribution in [-0.4, -0.2) is 36.3 Å². The van der Waals surface area contributed by atoms with E-state index >= 15 is 0 Å². The molecule has 0 spiro atoms. The summed E-state index contributed by atoms with van der Waals surface area (Å²) in [6.45, 7) is 3.69. The molecule has 0 saturated carbocycles. The second kappa shape index (κ2) is 9.42. The van der Waals surface area contributed by atoms with E-state index in [0.717, 1.165) is 17.7 Å². The highest BCUT2D eigenvalue weighted by molar-refractivity contribution is 6.01.